The van der Waals surface area contributed by atoms with Gasteiger partial charge in [-0.1, -0.05) is 18.2 Å². The zero-order valence-corrected chi connectivity index (χ0v) is 16.4. The molecule has 2 heterocycles. The molecule has 1 saturated heterocycles. The number of hydrogen-bond donors (Lipinski definition) is 3. The maximum atomic E-state index is 14.6. The summed E-state index contributed by atoms with van der Waals surface area (Å²) >= 11 is 0. The molecule has 1 amide bonds. The van der Waals surface area contributed by atoms with Crippen LogP contribution in [0.2, 0.25) is 0 Å². The van der Waals surface area contributed by atoms with Crippen molar-refractivity contribution in [2.24, 2.45) is 5.50 Å². The summed E-state index contributed by atoms with van der Waals surface area (Å²) in [6.45, 7) is -1.38. The first-order valence-corrected chi connectivity index (χ1v) is 10.2. The molecular weight excluding hydrogens is 456 g/mol. The average molecular weight is 473 g/mol. The number of halogens is 5. The summed E-state index contributed by atoms with van der Waals surface area (Å²) in [5.74, 6) is -7.05. The van der Waals surface area contributed by atoms with E-state index in [2.05, 4.69) is 0 Å². The number of aliphatic hydroxyl groups excluding tert-OH is 1. The van der Waals surface area contributed by atoms with Crippen LogP contribution in [0.25, 0.3) is 0 Å². The van der Waals surface area contributed by atoms with Crippen LogP contribution in [0.4, 0.5) is 22.0 Å². The largest absolute Gasteiger partial charge is 0.456 e. The first-order chi connectivity index (χ1) is 14.4. The van der Waals surface area contributed by atoms with Gasteiger partial charge in [-0.15, -0.1) is 0 Å². The highest BCUT2D eigenvalue weighted by Crippen LogP contribution is 2.50. The van der Waals surface area contributed by atoms with Gasteiger partial charge in [-0.3, -0.25) is 9.32 Å². The summed E-state index contributed by atoms with van der Waals surface area (Å²) in [7, 11) is -4.52. The maximum absolute atomic E-state index is 14.6. The number of nitrogens with zero attached hydrogens (tertiary/aromatic N) is 1. The first-order valence-electron chi connectivity index (χ1n) is 8.60. The smallest absolute Gasteiger partial charge is 0.413 e. The van der Waals surface area contributed by atoms with Gasteiger partial charge in [-0.25, -0.2) is 27.6 Å². The fourth-order valence-corrected chi connectivity index (χ4v) is 3.83. The van der Waals surface area contributed by atoms with Crippen LogP contribution in [0.1, 0.15) is 6.42 Å². The predicted molar refractivity (Wildman–Crippen MR) is 93.2 cm³/mol. The number of nitrogens with two attached hydrogens (primary N) is 1. The lowest BCUT2D eigenvalue weighted by Gasteiger charge is -2.37. The van der Waals surface area contributed by atoms with Gasteiger partial charge < -0.3 is 24.6 Å². The van der Waals surface area contributed by atoms with Crippen LogP contribution in [0.5, 0.6) is 5.75 Å². The van der Waals surface area contributed by atoms with E-state index in [1.54, 1.807) is 11.4 Å². The molecule has 1 fully saturated rings. The molecule has 3 unspecified atom stereocenters. The molecule has 1 aromatic rings. The van der Waals surface area contributed by atoms with Crippen molar-refractivity contribution in [2.45, 2.75) is 36.9 Å². The second kappa shape index (κ2) is 8.36. The Morgan fingerprint density at radius 2 is 2.00 bits per heavy atom. The van der Waals surface area contributed by atoms with Crippen LogP contribution < -0.4 is 15.3 Å². The second-order valence-corrected chi connectivity index (χ2v) is 8.28. The Labute approximate surface area is 172 Å². The lowest BCUT2D eigenvalue weighted by atomic mass is 10.00. The highest BCUT2D eigenvalue weighted by molar-refractivity contribution is 7.51. The van der Waals surface area contributed by atoms with Crippen LogP contribution in [0.3, 0.4) is 0 Å². The van der Waals surface area contributed by atoms with E-state index >= 15 is 0 Å². The van der Waals surface area contributed by atoms with Crippen LogP contribution >= 0.6 is 7.75 Å². The molecule has 2 aliphatic rings. The summed E-state index contributed by atoms with van der Waals surface area (Å²) in [6.07, 6.45) is -9.83. The minimum Gasteiger partial charge on any atom is -0.413 e. The third-order valence-corrected chi connectivity index (χ3v) is 5.35. The van der Waals surface area contributed by atoms with Crippen LogP contribution in [-0.2, 0) is 18.6 Å². The molecule has 0 spiro atoms. The zero-order valence-electron chi connectivity index (χ0n) is 15.5. The molecule has 4 N–H and O–H groups in total. The Morgan fingerprint density at radius 1 is 1.35 bits per heavy atom. The minimum absolute atomic E-state index is 0.0252. The van der Waals surface area contributed by atoms with Gasteiger partial charge in [0.25, 0.3) is 18.3 Å². The van der Waals surface area contributed by atoms with Gasteiger partial charge in [0.15, 0.2) is 11.8 Å². The van der Waals surface area contributed by atoms with E-state index in [-0.39, 0.29) is 16.8 Å². The Morgan fingerprint density at radius 3 is 2.61 bits per heavy atom. The van der Waals surface area contributed by atoms with E-state index in [4.69, 9.17) is 19.3 Å². The Balaban J connectivity index is 1.79. The molecule has 172 valence electrons. The Hall–Kier alpha value is -2.25. The third-order valence-electron chi connectivity index (χ3n) is 4.40. The van der Waals surface area contributed by atoms with Crippen molar-refractivity contribution in [3.63, 3.8) is 0 Å². The molecule has 31 heavy (non-hydrogen) atoms. The Kier molecular flexibility index (Phi) is 6.31. The van der Waals surface area contributed by atoms with Crippen molar-refractivity contribution in [3.8, 4) is 5.75 Å². The predicted octanol–water partition coefficient (Wildman–Crippen LogP) is 2.05. The molecule has 2 aliphatic heterocycles. The number of hydrogen-bond acceptors (Lipinski definition) is 7. The number of rotatable bonds is 7. The van der Waals surface area contributed by atoms with Gasteiger partial charge in [0.2, 0.25) is 12.2 Å². The van der Waals surface area contributed by atoms with Crippen LogP contribution in [0.15, 0.2) is 42.4 Å². The van der Waals surface area contributed by atoms with Gasteiger partial charge in [0, 0.05) is 6.20 Å². The number of carbonyl (C=O) groups excluding carboxylic acids is 1. The van der Waals surface area contributed by atoms with E-state index < -0.39 is 63.0 Å². The highest BCUT2D eigenvalue weighted by atomic mass is 31.2. The number of ether oxygens (including phenoxy) is 1. The number of amides is 1. The van der Waals surface area contributed by atoms with Crippen molar-refractivity contribution in [1.82, 2.24) is 10.2 Å². The molecule has 0 saturated carbocycles. The summed E-state index contributed by atoms with van der Waals surface area (Å²) in [4.78, 5) is 11.3. The maximum Gasteiger partial charge on any atom is 0.456 e. The van der Waals surface area contributed by atoms with Crippen molar-refractivity contribution < 1.29 is 50.2 Å². The van der Waals surface area contributed by atoms with Crippen molar-refractivity contribution >= 4 is 13.7 Å². The molecular formula is C16H17F5N3O6P. The van der Waals surface area contributed by atoms with Crippen molar-refractivity contribution in [2.75, 3.05) is 6.61 Å². The van der Waals surface area contributed by atoms with E-state index in [1.165, 1.54) is 24.3 Å². The van der Waals surface area contributed by atoms with Crippen LogP contribution in [0, 0.1) is 0 Å². The lowest BCUT2D eigenvalue weighted by Crippen LogP contribution is -2.57. The normalized spacial score (nSPS) is 30.0. The van der Waals surface area contributed by atoms with Gasteiger partial charge in [0.05, 0.1) is 13.0 Å². The second-order valence-electron chi connectivity index (χ2n) is 6.76. The van der Waals surface area contributed by atoms with Gasteiger partial charge in [0.1, 0.15) is 5.75 Å². The average Bonchev–Trinajstić information content (AvgIpc) is 2.96. The summed E-state index contributed by atoms with van der Waals surface area (Å²) in [6, 6.07) is 7.28. The standard InChI is InChI=1S/C16H17F5N3O6P/c17-10-6-24(14(26)23-11(10)25)13-16(20,21)7-15(29-13,12(18)19)8-28-31(22,27)30-9-4-2-1-3-5-9/h1-6,12-14,26H,7-8H2,(H2,22,27)(H,23,25)/t13-,14?,15?,31?/m1/s1. The number of nitrogens with one attached hydrogen (secondary N) is 1. The lowest BCUT2D eigenvalue weighted by molar-refractivity contribution is -0.220. The third kappa shape index (κ3) is 4.99. The van der Waals surface area contributed by atoms with Gasteiger partial charge in [-0.05, 0) is 12.1 Å². The van der Waals surface area contributed by atoms with Gasteiger partial charge in [-0.2, -0.15) is 4.39 Å². The Bertz CT molecular complexity index is 907. The van der Waals surface area contributed by atoms with Crippen molar-refractivity contribution in [1.29, 1.82) is 0 Å². The quantitative estimate of drug-likeness (QED) is 0.406. The molecule has 0 bridgehead atoms. The van der Waals surface area contributed by atoms with E-state index in [9.17, 15) is 36.4 Å². The van der Waals surface area contributed by atoms with E-state index in [1.807, 2.05) is 0 Å². The molecule has 0 aliphatic carbocycles. The number of aliphatic hydroxyl groups is 1. The molecule has 1 aromatic carbocycles. The van der Waals surface area contributed by atoms with Gasteiger partial charge >= 0.3 is 7.75 Å². The molecule has 3 rings (SSSR count). The fraction of sp³-hybridized carbons (Fsp3) is 0.438. The monoisotopic (exact) mass is 473 g/mol. The van der Waals surface area contributed by atoms with E-state index in [0.717, 1.165) is 0 Å². The van der Waals surface area contributed by atoms with Crippen molar-refractivity contribution in [3.05, 3.63) is 42.4 Å². The number of carbonyl (C=O) groups is 1. The zero-order chi connectivity index (χ0) is 23.0. The summed E-state index contributed by atoms with van der Waals surface area (Å²) in [5.41, 5.74) is 2.32. The molecule has 15 heteroatoms. The summed E-state index contributed by atoms with van der Waals surface area (Å²) < 4.78 is 96.8. The van der Waals surface area contributed by atoms with Crippen LogP contribution in [-0.4, -0.2) is 53.0 Å². The molecule has 0 radical (unpaired) electrons. The molecule has 9 nitrogen and oxygen atoms in total. The first kappa shape index (κ1) is 23.4. The summed E-state index contributed by atoms with van der Waals surface area (Å²) in [5, 5.41) is 11.4. The number of benzene rings is 1. The SMILES string of the molecule is NP(=O)(OCC1(C(F)F)CC(F)(F)[C@H](N2C=C(F)C(=O)NC2O)O1)Oc1ccccc1. The minimum atomic E-state index is -4.52. The fourth-order valence-electron chi connectivity index (χ4n) is 2.96. The van der Waals surface area contributed by atoms with E-state index in [0.29, 0.717) is 0 Å². The number of alkyl halides is 4. The topological polar surface area (TPSA) is 123 Å². The number of para-hydroxylation sites is 1. The highest BCUT2D eigenvalue weighted by Gasteiger charge is 2.65. The molecule has 0 aromatic heterocycles. The molecule has 4 atom stereocenters.